The summed E-state index contributed by atoms with van der Waals surface area (Å²) in [5, 5.41) is 0. The maximum atomic E-state index is 10.5. The SMILES string of the molecule is CC1CN(c2ccc(C=O)cn2)CC1C. The molecule has 1 aromatic heterocycles. The molecule has 1 saturated heterocycles. The van der Waals surface area contributed by atoms with Crippen molar-refractivity contribution >= 4 is 12.1 Å². The lowest BCUT2D eigenvalue weighted by atomic mass is 10.0. The standard InChI is InChI=1S/C12H16N2O/c1-9-6-14(7-10(9)2)12-4-3-11(8-15)5-13-12/h3-5,8-10H,6-7H2,1-2H3. The number of carbonyl (C=O) groups excluding carboxylic acids is 1. The monoisotopic (exact) mass is 204 g/mol. The Bertz CT molecular complexity index is 337. The van der Waals surface area contributed by atoms with Gasteiger partial charge in [0.15, 0.2) is 6.29 Å². The van der Waals surface area contributed by atoms with Crippen molar-refractivity contribution in [1.82, 2.24) is 4.98 Å². The largest absolute Gasteiger partial charge is 0.356 e. The Kier molecular flexibility index (Phi) is 2.71. The molecule has 2 unspecified atom stereocenters. The lowest BCUT2D eigenvalue weighted by molar-refractivity contribution is 0.112. The number of nitrogens with zero attached hydrogens (tertiary/aromatic N) is 2. The van der Waals surface area contributed by atoms with Crippen LogP contribution in [0.25, 0.3) is 0 Å². The van der Waals surface area contributed by atoms with Crippen molar-refractivity contribution in [3.05, 3.63) is 23.9 Å². The fourth-order valence-corrected chi connectivity index (χ4v) is 1.97. The molecule has 0 saturated carbocycles. The van der Waals surface area contributed by atoms with Gasteiger partial charge in [0.1, 0.15) is 5.82 Å². The van der Waals surface area contributed by atoms with Crippen LogP contribution in [0.3, 0.4) is 0 Å². The third kappa shape index (κ3) is 2.01. The van der Waals surface area contributed by atoms with Crippen molar-refractivity contribution in [2.24, 2.45) is 11.8 Å². The Balaban J connectivity index is 2.13. The summed E-state index contributed by atoms with van der Waals surface area (Å²) in [6.45, 7) is 6.66. The molecule has 2 atom stereocenters. The van der Waals surface area contributed by atoms with Crippen molar-refractivity contribution in [2.75, 3.05) is 18.0 Å². The van der Waals surface area contributed by atoms with Crippen molar-refractivity contribution in [2.45, 2.75) is 13.8 Å². The Labute approximate surface area is 90.1 Å². The second kappa shape index (κ2) is 4.01. The second-order valence-corrected chi connectivity index (χ2v) is 4.43. The Morgan fingerprint density at radius 2 is 2.00 bits per heavy atom. The number of carbonyl (C=O) groups is 1. The number of anilines is 1. The molecule has 0 bridgehead atoms. The van der Waals surface area contributed by atoms with Crippen LogP contribution in [-0.4, -0.2) is 24.4 Å². The first kappa shape index (κ1) is 10.1. The van der Waals surface area contributed by atoms with Crippen LogP contribution in [-0.2, 0) is 0 Å². The van der Waals surface area contributed by atoms with E-state index in [1.807, 2.05) is 12.1 Å². The minimum Gasteiger partial charge on any atom is -0.356 e. The molecule has 0 amide bonds. The normalized spacial score (nSPS) is 25.6. The molecule has 0 aliphatic carbocycles. The summed E-state index contributed by atoms with van der Waals surface area (Å²) in [4.78, 5) is 17.1. The Morgan fingerprint density at radius 1 is 1.33 bits per heavy atom. The molecule has 1 fully saturated rings. The van der Waals surface area contributed by atoms with Crippen molar-refractivity contribution in [3.63, 3.8) is 0 Å². The number of hydrogen-bond acceptors (Lipinski definition) is 3. The molecular weight excluding hydrogens is 188 g/mol. The smallest absolute Gasteiger partial charge is 0.151 e. The quantitative estimate of drug-likeness (QED) is 0.691. The molecule has 80 valence electrons. The molecule has 2 heterocycles. The molecule has 2 rings (SSSR count). The van der Waals surface area contributed by atoms with Gasteiger partial charge in [0.25, 0.3) is 0 Å². The molecule has 1 aromatic rings. The topological polar surface area (TPSA) is 33.2 Å². The van der Waals surface area contributed by atoms with E-state index in [2.05, 4.69) is 23.7 Å². The summed E-state index contributed by atoms with van der Waals surface area (Å²) in [6, 6.07) is 3.75. The van der Waals surface area contributed by atoms with Crippen molar-refractivity contribution in [3.8, 4) is 0 Å². The number of aromatic nitrogens is 1. The summed E-state index contributed by atoms with van der Waals surface area (Å²) in [5.41, 5.74) is 0.638. The van der Waals surface area contributed by atoms with E-state index in [0.717, 1.165) is 37.0 Å². The third-order valence-electron chi connectivity index (χ3n) is 3.22. The molecule has 0 N–H and O–H groups in total. The molecule has 15 heavy (non-hydrogen) atoms. The van der Waals surface area contributed by atoms with Gasteiger partial charge in [-0.1, -0.05) is 13.8 Å². The molecular formula is C12H16N2O. The average Bonchev–Trinajstić information content (AvgIpc) is 2.59. The summed E-state index contributed by atoms with van der Waals surface area (Å²) >= 11 is 0. The molecule has 0 radical (unpaired) electrons. The predicted octanol–water partition coefficient (Wildman–Crippen LogP) is 1.99. The predicted molar refractivity (Wildman–Crippen MR) is 60.2 cm³/mol. The molecule has 0 aromatic carbocycles. The zero-order chi connectivity index (χ0) is 10.8. The van der Waals surface area contributed by atoms with Gasteiger partial charge in [0, 0.05) is 24.8 Å². The van der Waals surface area contributed by atoms with E-state index < -0.39 is 0 Å². The molecule has 1 aliphatic rings. The van der Waals surface area contributed by atoms with Gasteiger partial charge in [-0.25, -0.2) is 4.98 Å². The minimum atomic E-state index is 0.638. The summed E-state index contributed by atoms with van der Waals surface area (Å²) in [6.07, 6.45) is 2.46. The highest BCUT2D eigenvalue weighted by Gasteiger charge is 2.26. The molecule has 3 nitrogen and oxygen atoms in total. The maximum Gasteiger partial charge on any atom is 0.151 e. The average molecular weight is 204 g/mol. The second-order valence-electron chi connectivity index (χ2n) is 4.43. The van der Waals surface area contributed by atoms with Crippen LogP contribution in [0.1, 0.15) is 24.2 Å². The Morgan fingerprint density at radius 3 is 2.47 bits per heavy atom. The fourth-order valence-electron chi connectivity index (χ4n) is 1.97. The van der Waals surface area contributed by atoms with E-state index in [0.29, 0.717) is 5.56 Å². The van der Waals surface area contributed by atoms with Crippen LogP contribution in [0.4, 0.5) is 5.82 Å². The van der Waals surface area contributed by atoms with Crippen LogP contribution in [0, 0.1) is 11.8 Å². The van der Waals surface area contributed by atoms with Crippen molar-refractivity contribution in [1.29, 1.82) is 0 Å². The van der Waals surface area contributed by atoms with Gasteiger partial charge >= 0.3 is 0 Å². The zero-order valence-electron chi connectivity index (χ0n) is 9.18. The van der Waals surface area contributed by atoms with Gasteiger partial charge in [0.2, 0.25) is 0 Å². The first-order valence-corrected chi connectivity index (χ1v) is 5.37. The van der Waals surface area contributed by atoms with Gasteiger partial charge in [0.05, 0.1) is 0 Å². The summed E-state index contributed by atoms with van der Waals surface area (Å²) in [5.74, 6) is 2.42. The van der Waals surface area contributed by atoms with Crippen LogP contribution in [0.2, 0.25) is 0 Å². The molecule has 3 heteroatoms. The maximum absolute atomic E-state index is 10.5. The van der Waals surface area contributed by atoms with Crippen LogP contribution >= 0.6 is 0 Å². The van der Waals surface area contributed by atoms with E-state index >= 15 is 0 Å². The molecule has 1 aliphatic heterocycles. The highest BCUT2D eigenvalue weighted by Crippen LogP contribution is 2.26. The van der Waals surface area contributed by atoms with E-state index in [1.54, 1.807) is 6.20 Å². The van der Waals surface area contributed by atoms with Gasteiger partial charge in [-0.2, -0.15) is 0 Å². The van der Waals surface area contributed by atoms with Gasteiger partial charge in [-0.15, -0.1) is 0 Å². The number of rotatable bonds is 2. The zero-order valence-corrected chi connectivity index (χ0v) is 9.18. The highest BCUT2D eigenvalue weighted by molar-refractivity contribution is 5.74. The molecule has 0 spiro atoms. The summed E-state index contributed by atoms with van der Waals surface area (Å²) < 4.78 is 0. The number of pyridine rings is 1. The van der Waals surface area contributed by atoms with E-state index in [9.17, 15) is 4.79 Å². The van der Waals surface area contributed by atoms with Gasteiger partial charge < -0.3 is 4.90 Å². The third-order valence-corrected chi connectivity index (χ3v) is 3.22. The van der Waals surface area contributed by atoms with Crippen LogP contribution < -0.4 is 4.90 Å². The minimum absolute atomic E-state index is 0.638. The van der Waals surface area contributed by atoms with Crippen LogP contribution in [0.5, 0.6) is 0 Å². The lowest BCUT2D eigenvalue weighted by Crippen LogP contribution is -2.20. The van der Waals surface area contributed by atoms with Gasteiger partial charge in [-0.3, -0.25) is 4.79 Å². The first-order valence-electron chi connectivity index (χ1n) is 5.37. The lowest BCUT2D eigenvalue weighted by Gasteiger charge is -2.16. The highest BCUT2D eigenvalue weighted by atomic mass is 16.1. The number of aldehydes is 1. The van der Waals surface area contributed by atoms with Gasteiger partial charge in [-0.05, 0) is 24.0 Å². The Hall–Kier alpha value is -1.38. The number of hydrogen-bond donors (Lipinski definition) is 0. The van der Waals surface area contributed by atoms with Crippen molar-refractivity contribution < 1.29 is 4.79 Å². The van der Waals surface area contributed by atoms with Crippen LogP contribution in [0.15, 0.2) is 18.3 Å². The van der Waals surface area contributed by atoms with E-state index in [1.165, 1.54) is 0 Å². The summed E-state index contributed by atoms with van der Waals surface area (Å²) in [7, 11) is 0. The van der Waals surface area contributed by atoms with E-state index in [4.69, 9.17) is 0 Å². The fraction of sp³-hybridized carbons (Fsp3) is 0.500. The van der Waals surface area contributed by atoms with E-state index in [-0.39, 0.29) is 0 Å². The first-order chi connectivity index (χ1) is 7.20.